The van der Waals surface area contributed by atoms with Crippen LogP contribution in [0.15, 0.2) is 24.5 Å². The van der Waals surface area contributed by atoms with Crippen molar-refractivity contribution >= 4 is 22.3 Å². The van der Waals surface area contributed by atoms with E-state index in [9.17, 15) is 13.2 Å². The number of benzene rings is 1. The zero-order valence-electron chi connectivity index (χ0n) is 7.78. The van der Waals surface area contributed by atoms with E-state index in [0.717, 1.165) is 0 Å². The van der Waals surface area contributed by atoms with E-state index in [2.05, 4.69) is 8.37 Å². The number of fused-ring (bicyclic) bond motifs is 1. The predicted molar refractivity (Wildman–Crippen MR) is 53.3 cm³/mol. The summed E-state index contributed by atoms with van der Waals surface area (Å²) >= 11 is 0. The molecule has 6 nitrogen and oxygen atoms in total. The van der Waals surface area contributed by atoms with Crippen molar-refractivity contribution in [2.45, 2.75) is 0 Å². The molecule has 0 aromatic heterocycles. The van der Waals surface area contributed by atoms with Gasteiger partial charge in [-0.05, 0) is 17.7 Å². The van der Waals surface area contributed by atoms with Crippen LogP contribution in [0.25, 0.3) is 5.57 Å². The van der Waals surface area contributed by atoms with E-state index in [1.54, 1.807) is 0 Å². The molecule has 0 atom stereocenters. The standard InChI is InChI=1S/C9H6O6S/c10-4-7(5-11)6-1-2-8-9(3-6)15-16(12,13)14-8/h1-5,10H. The lowest BCUT2D eigenvalue weighted by Gasteiger charge is -1.99. The molecule has 2 rings (SSSR count). The smallest absolute Gasteiger partial charge is 0.501 e. The summed E-state index contributed by atoms with van der Waals surface area (Å²) in [4.78, 5) is 10.5. The third-order valence-electron chi connectivity index (χ3n) is 1.93. The molecule has 0 spiro atoms. The van der Waals surface area contributed by atoms with Crippen molar-refractivity contribution in [1.82, 2.24) is 0 Å². The van der Waals surface area contributed by atoms with Crippen LogP contribution in [0.1, 0.15) is 5.56 Å². The Labute approximate surface area is 91.1 Å². The summed E-state index contributed by atoms with van der Waals surface area (Å²) < 4.78 is 30.8. The fourth-order valence-corrected chi connectivity index (χ4v) is 1.97. The van der Waals surface area contributed by atoms with Crippen LogP contribution in [0, 0.1) is 0 Å². The summed E-state index contributed by atoms with van der Waals surface area (Å²) in [5.41, 5.74) is 0.340. The lowest BCUT2D eigenvalue weighted by Crippen LogP contribution is -2.07. The summed E-state index contributed by atoms with van der Waals surface area (Å²) in [5, 5.41) is 8.75. The summed E-state index contributed by atoms with van der Waals surface area (Å²) in [5.74, 6) is 0.0330. The monoisotopic (exact) mass is 242 g/mol. The van der Waals surface area contributed by atoms with Gasteiger partial charge in [0, 0.05) is 0 Å². The normalized spacial score (nSPS) is 17.1. The van der Waals surface area contributed by atoms with Crippen LogP contribution >= 0.6 is 0 Å². The zero-order valence-corrected chi connectivity index (χ0v) is 8.60. The topological polar surface area (TPSA) is 89.9 Å². The van der Waals surface area contributed by atoms with Crippen LogP contribution in [0.3, 0.4) is 0 Å². The van der Waals surface area contributed by atoms with Crippen molar-refractivity contribution in [3.05, 3.63) is 30.0 Å². The average molecular weight is 242 g/mol. The summed E-state index contributed by atoms with van der Waals surface area (Å²) in [6.45, 7) is 0. The Hall–Kier alpha value is -2.02. The van der Waals surface area contributed by atoms with Gasteiger partial charge in [0.2, 0.25) is 0 Å². The Morgan fingerprint density at radius 2 is 1.94 bits per heavy atom. The predicted octanol–water partition coefficient (Wildman–Crippen LogP) is 0.800. The molecule has 1 aliphatic heterocycles. The number of carbonyl (C=O) groups excluding carboxylic acids is 1. The highest BCUT2D eigenvalue weighted by molar-refractivity contribution is 7.82. The molecule has 0 aliphatic carbocycles. The van der Waals surface area contributed by atoms with Crippen LogP contribution in [-0.2, 0) is 15.2 Å². The molecule has 1 aliphatic rings. The SMILES string of the molecule is O=CC(=CO)c1ccc2c(c1)OS(=O)(=O)O2. The van der Waals surface area contributed by atoms with E-state index >= 15 is 0 Å². The van der Waals surface area contributed by atoms with Gasteiger partial charge in [0.25, 0.3) is 0 Å². The van der Waals surface area contributed by atoms with E-state index in [4.69, 9.17) is 5.11 Å². The zero-order chi connectivity index (χ0) is 11.8. The fourth-order valence-electron chi connectivity index (χ4n) is 1.23. The van der Waals surface area contributed by atoms with Gasteiger partial charge < -0.3 is 13.5 Å². The first kappa shape index (κ1) is 10.5. The van der Waals surface area contributed by atoms with Gasteiger partial charge in [-0.1, -0.05) is 6.07 Å². The Balaban J connectivity index is 2.47. The molecule has 0 fully saturated rings. The highest BCUT2D eigenvalue weighted by Crippen LogP contribution is 2.37. The Kier molecular flexibility index (Phi) is 2.31. The second kappa shape index (κ2) is 3.53. The molecule has 1 N–H and O–H groups in total. The number of carbonyl (C=O) groups is 1. The fraction of sp³-hybridized carbons (Fsp3) is 0. The lowest BCUT2D eigenvalue weighted by atomic mass is 10.1. The third-order valence-corrected chi connectivity index (χ3v) is 2.69. The van der Waals surface area contributed by atoms with Crippen molar-refractivity contribution in [2.75, 3.05) is 0 Å². The number of hydrogen-bond donors (Lipinski definition) is 1. The van der Waals surface area contributed by atoms with Gasteiger partial charge in [0.1, 0.15) is 0 Å². The minimum Gasteiger partial charge on any atom is -0.515 e. The first-order chi connectivity index (χ1) is 7.55. The maximum Gasteiger partial charge on any atom is 0.501 e. The van der Waals surface area contributed by atoms with Gasteiger partial charge >= 0.3 is 10.4 Å². The van der Waals surface area contributed by atoms with E-state index < -0.39 is 10.4 Å². The molecule has 1 aromatic carbocycles. The molecule has 1 aromatic rings. The minimum atomic E-state index is -4.03. The van der Waals surface area contributed by atoms with E-state index in [-0.39, 0.29) is 17.1 Å². The number of allylic oxidation sites excluding steroid dienone is 1. The van der Waals surface area contributed by atoms with Crippen molar-refractivity contribution < 1.29 is 26.7 Å². The van der Waals surface area contributed by atoms with Gasteiger partial charge in [-0.15, -0.1) is 8.42 Å². The number of aldehydes is 1. The van der Waals surface area contributed by atoms with Gasteiger partial charge in [0.05, 0.1) is 11.8 Å². The molecule has 7 heteroatoms. The number of hydrogen-bond acceptors (Lipinski definition) is 6. The largest absolute Gasteiger partial charge is 0.515 e. The Morgan fingerprint density at radius 3 is 2.56 bits per heavy atom. The molecule has 16 heavy (non-hydrogen) atoms. The molecule has 0 saturated heterocycles. The van der Waals surface area contributed by atoms with Crippen molar-refractivity contribution in [2.24, 2.45) is 0 Å². The second-order valence-corrected chi connectivity index (χ2v) is 4.09. The molecular weight excluding hydrogens is 236 g/mol. The van der Waals surface area contributed by atoms with E-state index in [1.807, 2.05) is 0 Å². The molecule has 0 saturated carbocycles. The third kappa shape index (κ3) is 1.72. The first-order valence-electron chi connectivity index (χ1n) is 4.13. The highest BCUT2D eigenvalue weighted by atomic mass is 32.3. The number of aliphatic hydroxyl groups is 1. The van der Waals surface area contributed by atoms with Crippen LogP contribution in [0.4, 0.5) is 0 Å². The Morgan fingerprint density at radius 1 is 1.25 bits per heavy atom. The van der Waals surface area contributed by atoms with Gasteiger partial charge in [0.15, 0.2) is 17.8 Å². The van der Waals surface area contributed by atoms with Crippen LogP contribution in [0.2, 0.25) is 0 Å². The van der Waals surface area contributed by atoms with Gasteiger partial charge in [-0.25, -0.2) is 0 Å². The highest BCUT2D eigenvalue weighted by Gasteiger charge is 2.28. The quantitative estimate of drug-likeness (QED) is 0.468. The summed E-state index contributed by atoms with van der Waals surface area (Å²) in [6, 6.07) is 4.05. The van der Waals surface area contributed by atoms with Crippen LogP contribution in [0.5, 0.6) is 11.5 Å². The minimum absolute atomic E-state index is 0.00991. The van der Waals surface area contributed by atoms with Gasteiger partial charge in [-0.3, -0.25) is 4.79 Å². The summed E-state index contributed by atoms with van der Waals surface area (Å²) in [7, 11) is -4.03. The summed E-state index contributed by atoms with van der Waals surface area (Å²) in [6.07, 6.45) is 1.06. The molecular formula is C9H6O6S. The maximum atomic E-state index is 10.9. The van der Waals surface area contributed by atoms with E-state index in [0.29, 0.717) is 18.1 Å². The molecule has 0 bridgehead atoms. The van der Waals surface area contributed by atoms with Crippen molar-refractivity contribution in [1.29, 1.82) is 0 Å². The lowest BCUT2D eigenvalue weighted by molar-refractivity contribution is -0.103. The van der Waals surface area contributed by atoms with Crippen LogP contribution in [-0.4, -0.2) is 19.8 Å². The Bertz CT molecular complexity index is 572. The van der Waals surface area contributed by atoms with Crippen molar-refractivity contribution in [3.63, 3.8) is 0 Å². The average Bonchev–Trinajstić information content (AvgIpc) is 2.53. The second-order valence-electron chi connectivity index (χ2n) is 2.94. The molecule has 0 amide bonds. The number of aliphatic hydroxyl groups excluding tert-OH is 1. The van der Waals surface area contributed by atoms with Gasteiger partial charge in [-0.2, -0.15) is 0 Å². The van der Waals surface area contributed by atoms with Crippen molar-refractivity contribution in [3.8, 4) is 11.5 Å². The molecule has 84 valence electrons. The first-order valence-corrected chi connectivity index (χ1v) is 5.47. The molecule has 0 radical (unpaired) electrons. The number of rotatable bonds is 2. The van der Waals surface area contributed by atoms with Crippen LogP contribution < -0.4 is 8.37 Å². The molecule has 1 heterocycles. The maximum absolute atomic E-state index is 10.9. The molecule has 0 unspecified atom stereocenters. The van der Waals surface area contributed by atoms with E-state index in [1.165, 1.54) is 18.2 Å².